The van der Waals surface area contributed by atoms with Crippen LogP contribution in [0, 0.1) is 18.3 Å². The summed E-state index contributed by atoms with van der Waals surface area (Å²) in [6, 6.07) is 26.2. The molecular formula is C36H31N5O3S3. The third-order valence-electron chi connectivity index (χ3n) is 7.72. The maximum absolute atomic E-state index is 13.7. The van der Waals surface area contributed by atoms with Crippen LogP contribution in [-0.4, -0.2) is 34.4 Å². The second-order valence-electron chi connectivity index (χ2n) is 10.8. The Hall–Kier alpha value is -4.76. The van der Waals surface area contributed by atoms with Crippen molar-refractivity contribution in [1.82, 2.24) is 0 Å². The minimum Gasteiger partial charge on any atom is -0.321 e. The van der Waals surface area contributed by atoms with Gasteiger partial charge in [-0.2, -0.15) is 5.26 Å². The molecule has 1 aliphatic heterocycles. The maximum atomic E-state index is 13.7. The molecule has 0 radical (unpaired) electrons. The molecule has 4 aromatic rings. The number of hydrogen-bond acceptors (Lipinski definition) is 7. The zero-order chi connectivity index (χ0) is 32.9. The lowest BCUT2D eigenvalue weighted by Crippen LogP contribution is -2.49. The van der Waals surface area contributed by atoms with Crippen molar-refractivity contribution < 1.29 is 14.4 Å². The molecule has 8 nitrogen and oxygen atoms in total. The van der Waals surface area contributed by atoms with Crippen molar-refractivity contribution in [2.75, 3.05) is 20.9 Å². The Kier molecular flexibility index (Phi) is 9.82. The predicted octanol–water partition coefficient (Wildman–Crippen LogP) is 8.70. The average molecular weight is 678 g/mol. The lowest BCUT2D eigenvalue weighted by atomic mass is 10.1. The average Bonchev–Trinajstić information content (AvgIpc) is 3.40. The van der Waals surface area contributed by atoms with Gasteiger partial charge in [-0.15, -0.1) is 34.9 Å². The Bertz CT molecular complexity index is 1930. The fraction of sp³-hybridized carbons (Fsp3) is 0.167. The molecule has 3 atom stereocenters. The van der Waals surface area contributed by atoms with Gasteiger partial charge < -0.3 is 16.0 Å². The number of amides is 4. The predicted molar refractivity (Wildman–Crippen MR) is 193 cm³/mol. The van der Waals surface area contributed by atoms with E-state index in [0.717, 1.165) is 26.8 Å². The first-order valence-electron chi connectivity index (χ1n) is 15.0. The highest BCUT2D eigenvalue weighted by molar-refractivity contribution is 8.00. The first-order chi connectivity index (χ1) is 22.9. The van der Waals surface area contributed by atoms with Crippen molar-refractivity contribution in [2.24, 2.45) is 0 Å². The molecule has 47 heavy (non-hydrogen) atoms. The number of para-hydroxylation sites is 2. The molecule has 11 heteroatoms. The Morgan fingerprint density at radius 3 is 2.47 bits per heavy atom. The number of nitrogens with one attached hydrogen (secondary N) is 3. The van der Waals surface area contributed by atoms with Crippen LogP contribution in [0.1, 0.15) is 34.1 Å². The van der Waals surface area contributed by atoms with Crippen molar-refractivity contribution >= 4 is 74.8 Å². The summed E-state index contributed by atoms with van der Waals surface area (Å²) < 4.78 is 0. The van der Waals surface area contributed by atoms with Crippen LogP contribution in [0.4, 0.5) is 26.9 Å². The highest BCUT2D eigenvalue weighted by Crippen LogP contribution is 2.44. The number of rotatable bonds is 8. The molecule has 0 bridgehead atoms. The second kappa shape index (κ2) is 14.3. The third-order valence-corrected chi connectivity index (χ3v) is 11.6. The molecule has 0 spiro atoms. The van der Waals surface area contributed by atoms with Crippen LogP contribution in [-0.2, 0) is 4.79 Å². The summed E-state index contributed by atoms with van der Waals surface area (Å²) in [5.74, 6) is -0.612. The summed E-state index contributed by atoms with van der Waals surface area (Å²) >= 11 is 4.21. The van der Waals surface area contributed by atoms with E-state index in [1.807, 2.05) is 90.7 Å². The van der Waals surface area contributed by atoms with Crippen molar-refractivity contribution in [3.8, 4) is 6.07 Å². The van der Waals surface area contributed by atoms with Gasteiger partial charge in [-0.25, -0.2) is 4.79 Å². The highest BCUT2D eigenvalue weighted by Gasteiger charge is 2.36. The number of urea groups is 1. The van der Waals surface area contributed by atoms with Gasteiger partial charge in [0.25, 0.3) is 5.91 Å². The number of carbonyl (C=O) groups excluding carboxylic acids is 3. The van der Waals surface area contributed by atoms with Gasteiger partial charge in [0, 0.05) is 21.2 Å². The van der Waals surface area contributed by atoms with E-state index in [0.29, 0.717) is 33.2 Å². The van der Waals surface area contributed by atoms with Gasteiger partial charge >= 0.3 is 6.03 Å². The van der Waals surface area contributed by atoms with E-state index in [-0.39, 0.29) is 34.7 Å². The molecule has 2 aliphatic rings. The summed E-state index contributed by atoms with van der Waals surface area (Å²) in [5, 5.41) is 18.7. The summed E-state index contributed by atoms with van der Waals surface area (Å²) in [7, 11) is 0. The summed E-state index contributed by atoms with van der Waals surface area (Å²) in [6.45, 7) is 3.63. The highest BCUT2D eigenvalue weighted by atomic mass is 32.2. The molecule has 0 saturated heterocycles. The topological polar surface area (TPSA) is 114 Å². The monoisotopic (exact) mass is 677 g/mol. The second-order valence-corrected chi connectivity index (χ2v) is 14.4. The molecule has 3 aromatic carbocycles. The number of benzene rings is 3. The van der Waals surface area contributed by atoms with E-state index >= 15 is 0 Å². The molecule has 6 rings (SSSR count). The van der Waals surface area contributed by atoms with Crippen LogP contribution in [0.3, 0.4) is 0 Å². The Labute approximate surface area is 285 Å². The number of hydrogen-bond donors (Lipinski definition) is 3. The first kappa shape index (κ1) is 32.2. The van der Waals surface area contributed by atoms with E-state index in [1.165, 1.54) is 11.8 Å². The Morgan fingerprint density at radius 1 is 0.936 bits per heavy atom. The Balaban J connectivity index is 1.15. The molecule has 0 saturated carbocycles. The number of allylic oxidation sites excluding steroid dienone is 2. The van der Waals surface area contributed by atoms with Crippen LogP contribution < -0.4 is 20.9 Å². The van der Waals surface area contributed by atoms with Gasteiger partial charge in [-0.05, 0) is 61.4 Å². The van der Waals surface area contributed by atoms with Crippen LogP contribution in [0.25, 0.3) is 0 Å². The third kappa shape index (κ3) is 7.00. The number of fused-ring (bicyclic) bond motifs is 2. The number of nitrogens with zero attached hydrogens (tertiary/aromatic N) is 2. The van der Waals surface area contributed by atoms with E-state index in [2.05, 4.69) is 34.2 Å². The van der Waals surface area contributed by atoms with Crippen LogP contribution in [0.15, 0.2) is 113 Å². The summed E-state index contributed by atoms with van der Waals surface area (Å²) in [6.07, 6.45) is 8.68. The normalized spacial score (nSPS) is 16.7. The number of carbonyl (C=O) groups is 3. The summed E-state index contributed by atoms with van der Waals surface area (Å²) in [5.41, 5.74) is 2.92. The lowest BCUT2D eigenvalue weighted by Gasteiger charge is -2.40. The van der Waals surface area contributed by atoms with Crippen molar-refractivity contribution in [2.45, 2.75) is 46.6 Å². The smallest absolute Gasteiger partial charge is 0.321 e. The molecule has 1 aliphatic carbocycles. The van der Waals surface area contributed by atoms with E-state index in [4.69, 9.17) is 0 Å². The number of nitriles is 1. The minimum absolute atomic E-state index is 0.116. The lowest BCUT2D eigenvalue weighted by molar-refractivity contribution is -0.115. The van der Waals surface area contributed by atoms with Crippen molar-refractivity contribution in [3.05, 3.63) is 119 Å². The van der Waals surface area contributed by atoms with E-state index < -0.39 is 5.25 Å². The van der Waals surface area contributed by atoms with Gasteiger partial charge in [0.15, 0.2) is 0 Å². The van der Waals surface area contributed by atoms with E-state index in [9.17, 15) is 19.6 Å². The Morgan fingerprint density at radius 2 is 1.68 bits per heavy atom. The molecule has 236 valence electrons. The molecule has 1 aromatic heterocycles. The first-order valence-corrected chi connectivity index (χ1v) is 17.6. The van der Waals surface area contributed by atoms with Crippen molar-refractivity contribution in [1.29, 1.82) is 5.26 Å². The molecular weight excluding hydrogens is 647 g/mol. The number of thiophene rings is 1. The van der Waals surface area contributed by atoms with Gasteiger partial charge in [-0.3, -0.25) is 14.5 Å². The van der Waals surface area contributed by atoms with Gasteiger partial charge in [0.05, 0.1) is 32.7 Å². The fourth-order valence-corrected chi connectivity index (χ4v) is 8.72. The number of anilines is 4. The van der Waals surface area contributed by atoms with Crippen LogP contribution >= 0.6 is 34.9 Å². The van der Waals surface area contributed by atoms with Gasteiger partial charge in [-0.1, -0.05) is 67.6 Å². The minimum atomic E-state index is -0.484. The molecule has 3 N–H and O–H groups in total. The van der Waals surface area contributed by atoms with Gasteiger partial charge in [0.1, 0.15) is 11.1 Å². The zero-order valence-corrected chi connectivity index (χ0v) is 28.0. The standard InChI is InChI=1S/C36H31N5O3S3/c1-3-29(33(42)40-35-26(21-37)22(2)32(47-35)34(43)38-23-12-5-4-6-13-23)45-25-15-11-14-24(20-25)39-36(44)41-27-16-7-9-18-30(27)46-31-19-10-8-17-28(31)41/h4-20,27,29-30H,3H2,1-2H3,(H,38,43)(H,39,44)(H,40,42). The quantitative estimate of drug-likeness (QED) is 0.161. The SMILES string of the molecule is CCC(Sc1cccc(NC(=O)N2c3ccccc3SC3C=CC=CC32)c1)C(=O)Nc1sc(C(=O)Nc2ccccc2)c(C)c1C#N. The van der Waals surface area contributed by atoms with Crippen LogP contribution in [0.2, 0.25) is 0 Å². The molecule has 2 heterocycles. The zero-order valence-electron chi connectivity index (χ0n) is 25.6. The maximum Gasteiger partial charge on any atom is 0.326 e. The fourth-order valence-electron chi connectivity index (χ4n) is 5.40. The molecule has 4 amide bonds. The molecule has 0 fully saturated rings. The van der Waals surface area contributed by atoms with Crippen LogP contribution in [0.5, 0.6) is 0 Å². The van der Waals surface area contributed by atoms with E-state index in [1.54, 1.807) is 30.8 Å². The summed E-state index contributed by atoms with van der Waals surface area (Å²) in [4.78, 5) is 44.3. The van der Waals surface area contributed by atoms with Crippen molar-refractivity contribution in [3.63, 3.8) is 0 Å². The molecule has 3 unspecified atom stereocenters. The number of thioether (sulfide) groups is 2. The van der Waals surface area contributed by atoms with Gasteiger partial charge in [0.2, 0.25) is 5.91 Å². The largest absolute Gasteiger partial charge is 0.326 e.